The van der Waals surface area contributed by atoms with Crippen LogP contribution in [-0.2, 0) is 0 Å². The molecule has 0 fully saturated rings. The fraction of sp³-hybridized carbons (Fsp3) is 0.385. The molecule has 0 aliphatic heterocycles. The number of nitrogens with zero attached hydrogens (tertiary/aromatic N) is 1. The number of anilines is 1. The van der Waals surface area contributed by atoms with Crippen molar-refractivity contribution >= 4 is 21.6 Å². The summed E-state index contributed by atoms with van der Waals surface area (Å²) < 4.78 is 0.872. The van der Waals surface area contributed by atoms with Crippen molar-refractivity contribution in [3.8, 4) is 0 Å². The highest BCUT2D eigenvalue weighted by molar-refractivity contribution is 9.10. The molecule has 0 radical (unpaired) electrons. The summed E-state index contributed by atoms with van der Waals surface area (Å²) in [6.07, 6.45) is 1.30. The van der Waals surface area contributed by atoms with Gasteiger partial charge in [-0.1, -0.05) is 28.1 Å². The monoisotopic (exact) mass is 299 g/mol. The Hall–Kier alpha value is -0.840. The second-order valence-corrected chi connectivity index (χ2v) is 4.69. The van der Waals surface area contributed by atoms with Crippen LogP contribution in [0.15, 0.2) is 35.3 Å². The van der Waals surface area contributed by atoms with Crippen LogP contribution in [0.4, 0.5) is 5.69 Å². The molecule has 1 atom stereocenters. The van der Waals surface area contributed by atoms with Gasteiger partial charge in [0.15, 0.2) is 0 Å². The van der Waals surface area contributed by atoms with E-state index in [-0.39, 0.29) is 6.61 Å². The van der Waals surface area contributed by atoms with Crippen LogP contribution < -0.4 is 4.90 Å². The first-order valence-electron chi connectivity index (χ1n) is 5.54. The molecule has 0 aliphatic carbocycles. The van der Waals surface area contributed by atoms with Crippen molar-refractivity contribution in [1.29, 1.82) is 0 Å². The van der Waals surface area contributed by atoms with E-state index in [1.165, 1.54) is 0 Å². The maximum atomic E-state index is 9.54. The maximum Gasteiger partial charge on any atom is 0.0772 e. The van der Waals surface area contributed by atoms with Gasteiger partial charge in [-0.05, 0) is 24.6 Å². The van der Waals surface area contributed by atoms with Crippen molar-refractivity contribution < 1.29 is 10.2 Å². The van der Waals surface area contributed by atoms with Crippen molar-refractivity contribution in [3.05, 3.63) is 40.9 Å². The third kappa shape index (κ3) is 3.84. The predicted molar refractivity (Wildman–Crippen MR) is 74.3 cm³/mol. The van der Waals surface area contributed by atoms with Crippen LogP contribution in [-0.4, -0.2) is 29.9 Å². The summed E-state index contributed by atoms with van der Waals surface area (Å²) in [7, 11) is 0. The van der Waals surface area contributed by atoms with Crippen LogP contribution in [0.1, 0.15) is 18.6 Å². The Morgan fingerprint density at radius 1 is 1.53 bits per heavy atom. The molecular formula is C13H18BrNO2. The lowest BCUT2D eigenvalue weighted by Gasteiger charge is -2.23. The Morgan fingerprint density at radius 2 is 2.24 bits per heavy atom. The van der Waals surface area contributed by atoms with E-state index in [1.807, 2.05) is 23.1 Å². The second kappa shape index (κ2) is 6.79. The minimum Gasteiger partial charge on any atom is -0.395 e. The molecule has 17 heavy (non-hydrogen) atoms. The van der Waals surface area contributed by atoms with E-state index in [0.717, 1.165) is 15.7 Å². The van der Waals surface area contributed by atoms with Crippen LogP contribution >= 0.6 is 15.9 Å². The van der Waals surface area contributed by atoms with Gasteiger partial charge in [-0.25, -0.2) is 0 Å². The Kier molecular flexibility index (Phi) is 5.68. The largest absolute Gasteiger partial charge is 0.395 e. The molecule has 1 rings (SSSR count). The lowest BCUT2D eigenvalue weighted by atomic mass is 10.1. The smallest absolute Gasteiger partial charge is 0.0772 e. The van der Waals surface area contributed by atoms with E-state index in [1.54, 1.807) is 13.0 Å². The highest BCUT2D eigenvalue weighted by Crippen LogP contribution is 2.28. The molecule has 0 saturated heterocycles. The number of aliphatic hydroxyl groups excluding tert-OH is 2. The molecule has 1 aromatic carbocycles. The first-order valence-corrected chi connectivity index (χ1v) is 6.33. The predicted octanol–water partition coefficient (Wildman–Crippen LogP) is 2.49. The van der Waals surface area contributed by atoms with Gasteiger partial charge in [0, 0.05) is 23.2 Å². The van der Waals surface area contributed by atoms with Gasteiger partial charge in [-0.3, -0.25) is 0 Å². The molecule has 0 aliphatic rings. The van der Waals surface area contributed by atoms with E-state index in [4.69, 9.17) is 5.11 Å². The van der Waals surface area contributed by atoms with Crippen LogP contribution in [0.25, 0.3) is 0 Å². The molecule has 1 aromatic rings. The average molecular weight is 300 g/mol. The van der Waals surface area contributed by atoms with Crippen LogP contribution in [0.3, 0.4) is 0 Å². The summed E-state index contributed by atoms with van der Waals surface area (Å²) in [4.78, 5) is 2.02. The molecule has 4 heteroatoms. The van der Waals surface area contributed by atoms with Crippen LogP contribution in [0, 0.1) is 0 Å². The molecule has 2 N–H and O–H groups in total. The topological polar surface area (TPSA) is 43.7 Å². The molecule has 0 bridgehead atoms. The van der Waals surface area contributed by atoms with Gasteiger partial charge in [-0.15, -0.1) is 6.58 Å². The molecule has 0 aromatic heterocycles. The molecular weight excluding hydrogens is 282 g/mol. The fourth-order valence-electron chi connectivity index (χ4n) is 1.65. The van der Waals surface area contributed by atoms with Crippen molar-refractivity contribution in [2.45, 2.75) is 13.0 Å². The highest BCUT2D eigenvalue weighted by atomic mass is 79.9. The highest BCUT2D eigenvalue weighted by Gasteiger charge is 2.10. The van der Waals surface area contributed by atoms with Gasteiger partial charge in [0.1, 0.15) is 0 Å². The molecule has 94 valence electrons. The first kappa shape index (κ1) is 14.2. The minimum absolute atomic E-state index is 0.101. The normalized spacial score (nSPS) is 12.2. The van der Waals surface area contributed by atoms with E-state index >= 15 is 0 Å². The summed E-state index contributed by atoms with van der Waals surface area (Å²) in [6.45, 7) is 6.78. The maximum absolute atomic E-state index is 9.54. The van der Waals surface area contributed by atoms with E-state index in [0.29, 0.717) is 13.1 Å². The molecule has 0 spiro atoms. The first-order chi connectivity index (χ1) is 8.10. The quantitative estimate of drug-likeness (QED) is 0.793. The third-order valence-corrected chi connectivity index (χ3v) is 3.21. The number of hydrogen-bond acceptors (Lipinski definition) is 3. The average Bonchev–Trinajstić information content (AvgIpc) is 2.28. The van der Waals surface area contributed by atoms with E-state index < -0.39 is 6.10 Å². The van der Waals surface area contributed by atoms with Crippen molar-refractivity contribution in [1.82, 2.24) is 0 Å². The Balaban J connectivity index is 2.97. The van der Waals surface area contributed by atoms with Crippen LogP contribution in [0.5, 0.6) is 0 Å². The lowest BCUT2D eigenvalue weighted by Crippen LogP contribution is -2.26. The SMILES string of the molecule is C=CCN(CCO)c1ccc([C@@H](C)O)c(Br)c1. The van der Waals surface area contributed by atoms with Gasteiger partial charge in [0.2, 0.25) is 0 Å². The number of benzene rings is 1. The number of rotatable bonds is 6. The second-order valence-electron chi connectivity index (χ2n) is 3.84. The zero-order valence-electron chi connectivity index (χ0n) is 9.93. The lowest BCUT2D eigenvalue weighted by molar-refractivity contribution is 0.198. The van der Waals surface area contributed by atoms with Crippen molar-refractivity contribution in [2.24, 2.45) is 0 Å². The number of aliphatic hydroxyl groups is 2. The zero-order valence-corrected chi connectivity index (χ0v) is 11.5. The van der Waals surface area contributed by atoms with Crippen molar-refractivity contribution in [2.75, 3.05) is 24.6 Å². The summed E-state index contributed by atoms with van der Waals surface area (Å²) in [6, 6.07) is 5.77. The van der Waals surface area contributed by atoms with Gasteiger partial charge < -0.3 is 15.1 Å². The van der Waals surface area contributed by atoms with Gasteiger partial charge in [0.25, 0.3) is 0 Å². The number of halogens is 1. The number of hydrogen-bond donors (Lipinski definition) is 2. The van der Waals surface area contributed by atoms with E-state index in [9.17, 15) is 5.11 Å². The summed E-state index contributed by atoms with van der Waals surface area (Å²) in [5.74, 6) is 0. The summed E-state index contributed by atoms with van der Waals surface area (Å²) in [5, 5.41) is 18.6. The minimum atomic E-state index is -0.496. The molecule has 0 saturated carbocycles. The van der Waals surface area contributed by atoms with Gasteiger partial charge in [-0.2, -0.15) is 0 Å². The summed E-state index contributed by atoms with van der Waals surface area (Å²) >= 11 is 3.44. The molecule has 0 amide bonds. The Labute approximate surface area is 111 Å². The van der Waals surface area contributed by atoms with E-state index in [2.05, 4.69) is 22.5 Å². The molecule has 3 nitrogen and oxygen atoms in total. The Morgan fingerprint density at radius 3 is 2.71 bits per heavy atom. The van der Waals surface area contributed by atoms with Crippen LogP contribution in [0.2, 0.25) is 0 Å². The molecule has 0 unspecified atom stereocenters. The Bertz CT molecular complexity index is 380. The standard InChI is InChI=1S/C13H18BrNO2/c1-3-6-15(7-8-16)11-4-5-12(10(2)17)13(14)9-11/h3-5,9-10,16-17H,1,6-8H2,2H3/t10-/m1/s1. The zero-order chi connectivity index (χ0) is 12.8. The third-order valence-electron chi connectivity index (χ3n) is 2.52. The van der Waals surface area contributed by atoms with Gasteiger partial charge >= 0.3 is 0 Å². The molecule has 0 heterocycles. The fourth-order valence-corrected chi connectivity index (χ4v) is 2.35. The summed E-state index contributed by atoms with van der Waals surface area (Å²) in [5.41, 5.74) is 1.85. The van der Waals surface area contributed by atoms with Crippen molar-refractivity contribution in [3.63, 3.8) is 0 Å². The van der Waals surface area contributed by atoms with Gasteiger partial charge in [0.05, 0.1) is 12.7 Å².